The molecule has 1 aromatic heterocycles. The summed E-state index contributed by atoms with van der Waals surface area (Å²) in [5.41, 5.74) is -0.872. The molecule has 2 atom stereocenters. The van der Waals surface area contributed by atoms with Crippen molar-refractivity contribution in [1.29, 1.82) is 0 Å². The van der Waals surface area contributed by atoms with E-state index in [0.717, 1.165) is 11.1 Å². The Bertz CT molecular complexity index is 944. The van der Waals surface area contributed by atoms with Crippen LogP contribution in [0.2, 0.25) is 0 Å². The molecule has 9 nitrogen and oxygen atoms in total. The van der Waals surface area contributed by atoms with Crippen LogP contribution in [0.3, 0.4) is 0 Å². The molecule has 2 aromatic rings. The summed E-state index contributed by atoms with van der Waals surface area (Å²) in [6.07, 6.45) is -0.883. The van der Waals surface area contributed by atoms with Crippen molar-refractivity contribution in [3.8, 4) is 11.4 Å². The Kier molecular flexibility index (Phi) is 5.50. The Morgan fingerprint density at radius 2 is 1.65 bits per heavy atom. The van der Waals surface area contributed by atoms with E-state index in [1.165, 1.54) is 16.2 Å². The minimum atomic E-state index is -1.14. The van der Waals surface area contributed by atoms with Crippen LogP contribution in [-0.4, -0.2) is 61.5 Å². The molecule has 31 heavy (non-hydrogen) atoms. The third-order valence-electron chi connectivity index (χ3n) is 6.08. The third kappa shape index (κ3) is 3.62. The Labute approximate surface area is 181 Å². The molecule has 0 bridgehead atoms. The monoisotopic (exact) mass is 430 g/mol. The lowest BCUT2D eigenvalue weighted by atomic mass is 9.57. The topological polar surface area (TPSA) is 120 Å². The summed E-state index contributed by atoms with van der Waals surface area (Å²) in [6, 6.07) is 6.69. The fourth-order valence-corrected chi connectivity index (χ4v) is 5.17. The van der Waals surface area contributed by atoms with E-state index in [1.807, 2.05) is 65.8 Å². The SMILES string of the molecule is CC(C)(C)C1N(C(=O)O)CCN(C(=O)O)[C@]1(c1ccc(-c2ncon2)cc1)C(C)(C)C. The second-order valence-electron chi connectivity index (χ2n) is 10.0. The van der Waals surface area contributed by atoms with Crippen molar-refractivity contribution in [2.75, 3.05) is 13.1 Å². The van der Waals surface area contributed by atoms with Gasteiger partial charge in [0.2, 0.25) is 12.2 Å². The number of hydrogen-bond acceptors (Lipinski definition) is 5. The summed E-state index contributed by atoms with van der Waals surface area (Å²) >= 11 is 0. The first-order valence-corrected chi connectivity index (χ1v) is 10.2. The van der Waals surface area contributed by atoms with Crippen LogP contribution >= 0.6 is 0 Å². The molecule has 1 saturated heterocycles. The fourth-order valence-electron chi connectivity index (χ4n) is 5.17. The maximum atomic E-state index is 12.5. The summed E-state index contributed by atoms with van der Waals surface area (Å²) in [5.74, 6) is 0.426. The molecule has 9 heteroatoms. The van der Waals surface area contributed by atoms with Gasteiger partial charge in [0.25, 0.3) is 0 Å². The van der Waals surface area contributed by atoms with Crippen LogP contribution in [0.15, 0.2) is 35.2 Å². The van der Waals surface area contributed by atoms with Gasteiger partial charge in [0.15, 0.2) is 0 Å². The lowest BCUT2D eigenvalue weighted by Crippen LogP contribution is -2.75. The van der Waals surface area contributed by atoms with Gasteiger partial charge in [-0.15, -0.1) is 0 Å². The number of hydrogen-bond donors (Lipinski definition) is 2. The van der Waals surface area contributed by atoms with E-state index in [0.29, 0.717) is 5.82 Å². The summed E-state index contributed by atoms with van der Waals surface area (Å²) in [4.78, 5) is 31.7. The van der Waals surface area contributed by atoms with Crippen molar-refractivity contribution in [1.82, 2.24) is 19.9 Å². The summed E-state index contributed by atoms with van der Waals surface area (Å²) in [7, 11) is 0. The van der Waals surface area contributed by atoms with Crippen molar-refractivity contribution >= 4 is 12.2 Å². The Balaban J connectivity index is 2.32. The molecule has 3 rings (SSSR count). The van der Waals surface area contributed by atoms with Crippen LogP contribution in [0.4, 0.5) is 9.59 Å². The number of nitrogens with zero attached hydrogens (tertiary/aromatic N) is 4. The predicted molar refractivity (Wildman–Crippen MR) is 114 cm³/mol. The molecule has 0 aliphatic carbocycles. The number of amides is 2. The molecule has 1 aliphatic rings. The standard InChI is InChI=1S/C22H30N4O5/c1-20(2,3)17-22(21(4,5)6,26(19(29)30)12-11-25(17)18(27)28)15-9-7-14(8-10-15)16-23-13-31-24-16/h7-10,13,17H,11-12H2,1-6H3,(H,27,28)(H,29,30)/t17?,22-/m0/s1. The third-order valence-corrected chi connectivity index (χ3v) is 6.08. The average Bonchev–Trinajstić information content (AvgIpc) is 3.19. The van der Waals surface area contributed by atoms with Crippen molar-refractivity contribution < 1.29 is 24.3 Å². The second kappa shape index (κ2) is 7.55. The zero-order valence-electron chi connectivity index (χ0n) is 18.8. The number of carbonyl (C=O) groups is 2. The maximum Gasteiger partial charge on any atom is 0.408 e. The van der Waals surface area contributed by atoms with E-state index in [2.05, 4.69) is 10.1 Å². The van der Waals surface area contributed by atoms with Crippen LogP contribution in [0.25, 0.3) is 11.4 Å². The van der Waals surface area contributed by atoms with Gasteiger partial charge in [0.1, 0.15) is 0 Å². The van der Waals surface area contributed by atoms with Gasteiger partial charge in [-0.05, 0) is 16.4 Å². The average molecular weight is 431 g/mol. The largest absolute Gasteiger partial charge is 0.465 e. The number of rotatable bonds is 2. The van der Waals surface area contributed by atoms with Crippen LogP contribution in [-0.2, 0) is 5.54 Å². The number of benzene rings is 1. The van der Waals surface area contributed by atoms with E-state index in [-0.39, 0.29) is 13.1 Å². The molecule has 0 saturated carbocycles. The molecular weight excluding hydrogens is 400 g/mol. The number of carboxylic acid groups (broad SMARTS) is 2. The maximum absolute atomic E-state index is 12.5. The molecule has 0 spiro atoms. The molecule has 1 unspecified atom stereocenters. The first-order valence-electron chi connectivity index (χ1n) is 10.2. The van der Waals surface area contributed by atoms with Gasteiger partial charge in [-0.3, -0.25) is 4.90 Å². The highest BCUT2D eigenvalue weighted by Gasteiger charge is 2.63. The van der Waals surface area contributed by atoms with Gasteiger partial charge in [-0.1, -0.05) is 71.0 Å². The molecule has 1 aliphatic heterocycles. The molecule has 1 fully saturated rings. The van der Waals surface area contributed by atoms with Gasteiger partial charge >= 0.3 is 12.2 Å². The number of aromatic nitrogens is 2. The zero-order valence-corrected chi connectivity index (χ0v) is 18.8. The molecule has 2 amide bonds. The minimum Gasteiger partial charge on any atom is -0.465 e. The van der Waals surface area contributed by atoms with Crippen LogP contribution < -0.4 is 0 Å². The lowest BCUT2D eigenvalue weighted by molar-refractivity contribution is -0.126. The predicted octanol–water partition coefficient (Wildman–Crippen LogP) is 4.37. The molecule has 2 heterocycles. The minimum absolute atomic E-state index is 0.0814. The first kappa shape index (κ1) is 22.6. The van der Waals surface area contributed by atoms with Crippen LogP contribution in [0, 0.1) is 10.8 Å². The van der Waals surface area contributed by atoms with Gasteiger partial charge in [-0.25, -0.2) is 9.59 Å². The van der Waals surface area contributed by atoms with E-state index in [9.17, 15) is 19.8 Å². The highest BCUT2D eigenvalue weighted by atomic mass is 16.5. The highest BCUT2D eigenvalue weighted by Crippen LogP contribution is 2.55. The van der Waals surface area contributed by atoms with Crippen LogP contribution in [0.5, 0.6) is 0 Å². The van der Waals surface area contributed by atoms with Crippen LogP contribution in [0.1, 0.15) is 47.1 Å². The number of piperazine rings is 1. The molecule has 168 valence electrons. The van der Waals surface area contributed by atoms with Gasteiger partial charge < -0.3 is 19.6 Å². The van der Waals surface area contributed by atoms with E-state index in [4.69, 9.17) is 4.52 Å². The Morgan fingerprint density at radius 1 is 1.03 bits per heavy atom. The van der Waals surface area contributed by atoms with Crippen molar-refractivity contribution in [3.05, 3.63) is 36.2 Å². The van der Waals surface area contributed by atoms with Gasteiger partial charge in [0, 0.05) is 18.7 Å². The molecule has 2 N–H and O–H groups in total. The smallest absolute Gasteiger partial charge is 0.408 e. The Morgan fingerprint density at radius 3 is 2.06 bits per heavy atom. The first-order chi connectivity index (χ1) is 14.3. The molecular formula is C22H30N4O5. The lowest BCUT2D eigenvalue weighted by Gasteiger charge is -2.63. The van der Waals surface area contributed by atoms with Crippen molar-refractivity contribution in [2.24, 2.45) is 10.8 Å². The Hall–Kier alpha value is -3.10. The normalized spacial score (nSPS) is 22.5. The van der Waals surface area contributed by atoms with E-state index in [1.54, 1.807) is 0 Å². The molecule has 0 radical (unpaired) electrons. The van der Waals surface area contributed by atoms with E-state index < -0.39 is 34.6 Å². The van der Waals surface area contributed by atoms with E-state index >= 15 is 0 Å². The summed E-state index contributed by atoms with van der Waals surface area (Å²) in [5, 5.41) is 24.1. The quantitative estimate of drug-likeness (QED) is 0.726. The zero-order chi connectivity index (χ0) is 23.2. The highest BCUT2D eigenvalue weighted by molar-refractivity contribution is 5.71. The van der Waals surface area contributed by atoms with Crippen molar-refractivity contribution in [2.45, 2.75) is 53.1 Å². The summed E-state index contributed by atoms with van der Waals surface area (Å²) in [6.45, 7) is 11.9. The molecule has 1 aromatic carbocycles. The van der Waals surface area contributed by atoms with Crippen molar-refractivity contribution in [3.63, 3.8) is 0 Å². The summed E-state index contributed by atoms with van der Waals surface area (Å²) < 4.78 is 4.82. The van der Waals surface area contributed by atoms with Gasteiger partial charge in [0.05, 0.1) is 11.6 Å². The second-order valence-corrected chi connectivity index (χ2v) is 10.0. The fraction of sp³-hybridized carbons (Fsp3) is 0.545. The van der Waals surface area contributed by atoms with Gasteiger partial charge in [-0.2, -0.15) is 4.98 Å².